The van der Waals surface area contributed by atoms with Gasteiger partial charge in [0.1, 0.15) is 12.4 Å². The molecule has 192 valence electrons. The predicted octanol–water partition coefficient (Wildman–Crippen LogP) is 5.84. The summed E-state index contributed by atoms with van der Waals surface area (Å²) >= 11 is 0.858. The lowest BCUT2D eigenvalue weighted by Gasteiger charge is -2.30. The molecule has 0 unspecified atom stereocenters. The second kappa shape index (κ2) is 10.5. The topological polar surface area (TPSA) is 62.6 Å². The van der Waals surface area contributed by atoms with E-state index in [4.69, 9.17) is 0 Å². The molecule has 2 aromatic carbocycles. The summed E-state index contributed by atoms with van der Waals surface area (Å²) in [6.45, 7) is 5.97. The van der Waals surface area contributed by atoms with Crippen molar-refractivity contribution in [2.45, 2.75) is 46.2 Å². The first-order valence-corrected chi connectivity index (χ1v) is 13.5. The molecule has 0 N–H and O–H groups in total. The van der Waals surface area contributed by atoms with Crippen LogP contribution in [0.2, 0.25) is 0 Å². The zero-order valence-electron chi connectivity index (χ0n) is 21.1. The highest BCUT2D eigenvalue weighted by Gasteiger charge is 2.35. The van der Waals surface area contributed by atoms with E-state index in [1.807, 2.05) is 27.8 Å². The van der Waals surface area contributed by atoms with Crippen molar-refractivity contribution in [3.05, 3.63) is 76.1 Å². The van der Waals surface area contributed by atoms with Crippen LogP contribution in [0.4, 0.5) is 9.18 Å². The molecule has 3 heterocycles. The maximum Gasteiger partial charge on any atom is 0.293 e. The van der Waals surface area contributed by atoms with Crippen LogP contribution in [0, 0.1) is 11.7 Å². The van der Waals surface area contributed by atoms with Crippen LogP contribution < -0.4 is 0 Å². The molecule has 0 spiro atoms. The third kappa shape index (κ3) is 5.07. The van der Waals surface area contributed by atoms with Gasteiger partial charge in [0.15, 0.2) is 0 Å². The summed E-state index contributed by atoms with van der Waals surface area (Å²) in [6.07, 6.45) is 6.46. The zero-order valence-corrected chi connectivity index (χ0v) is 21.9. The number of para-hydroxylation sites is 1. The maximum atomic E-state index is 14.1. The molecular weight excluding hydrogens is 489 g/mol. The number of hydrogen-bond donors (Lipinski definition) is 0. The number of likely N-dealkylation sites (tertiary alicyclic amines) is 1. The summed E-state index contributed by atoms with van der Waals surface area (Å²) in [6, 6.07) is 12.1. The Morgan fingerprint density at radius 3 is 2.54 bits per heavy atom. The average molecular weight is 520 g/mol. The molecule has 3 amide bonds. The van der Waals surface area contributed by atoms with Crippen molar-refractivity contribution in [3.63, 3.8) is 0 Å². The molecule has 0 atom stereocenters. The van der Waals surface area contributed by atoms with Crippen LogP contribution in [-0.2, 0) is 29.1 Å². The van der Waals surface area contributed by atoms with Gasteiger partial charge in [-0.15, -0.1) is 0 Å². The summed E-state index contributed by atoms with van der Waals surface area (Å²) in [5.41, 5.74) is 3.16. The third-order valence-corrected chi connectivity index (χ3v) is 8.19. The quantitative estimate of drug-likeness (QED) is 0.384. The normalized spacial score (nSPS) is 18.0. The monoisotopic (exact) mass is 519 g/mol. The smallest absolute Gasteiger partial charge is 0.293 e. The highest BCUT2D eigenvalue weighted by molar-refractivity contribution is 8.18. The minimum atomic E-state index is -0.450. The van der Waals surface area contributed by atoms with Gasteiger partial charge in [0.05, 0.1) is 17.0 Å². The molecule has 5 rings (SSSR count). The number of nitrogens with zero attached hydrogens (tertiary/aromatic N) is 3. The number of halogens is 1. The zero-order chi connectivity index (χ0) is 26.1. The molecular formula is C29H30FN3O3S. The maximum absolute atomic E-state index is 14.1. The molecule has 2 aliphatic rings. The first-order valence-electron chi connectivity index (χ1n) is 12.7. The lowest BCUT2D eigenvalue weighted by Crippen LogP contribution is -2.39. The lowest BCUT2D eigenvalue weighted by atomic mass is 9.99. The van der Waals surface area contributed by atoms with Crippen LogP contribution in [0.15, 0.2) is 53.6 Å². The van der Waals surface area contributed by atoms with Crippen molar-refractivity contribution in [2.75, 3.05) is 13.1 Å². The van der Waals surface area contributed by atoms with Crippen LogP contribution in [0.5, 0.6) is 0 Å². The van der Waals surface area contributed by atoms with E-state index in [0.717, 1.165) is 71.0 Å². The van der Waals surface area contributed by atoms with Crippen LogP contribution >= 0.6 is 11.8 Å². The van der Waals surface area contributed by atoms with Gasteiger partial charge < -0.3 is 9.47 Å². The number of fused-ring (bicyclic) bond motifs is 1. The Bertz CT molecular complexity index is 1400. The standard InChI is InChI=1S/C29H30FN3O3S/c1-3-20-8-6-9-23-22(16-32(27(20)23)18-26(34)31-13-11-19(2)12-14-31)15-25-28(35)33(29(36)37-25)17-21-7-4-5-10-24(21)30/h4-10,15-16,19H,3,11-14,17-18H2,1-2H3/b25-15-. The number of piperidine rings is 1. The number of rotatable bonds is 6. The van der Waals surface area contributed by atoms with Gasteiger partial charge in [-0.3, -0.25) is 19.3 Å². The number of aryl methyl sites for hydroxylation is 1. The summed E-state index contributed by atoms with van der Waals surface area (Å²) in [5.74, 6) is -0.159. The molecule has 2 saturated heterocycles. The number of carbonyl (C=O) groups excluding carboxylic acids is 3. The Morgan fingerprint density at radius 1 is 1.08 bits per heavy atom. The molecule has 3 aromatic rings. The van der Waals surface area contributed by atoms with Gasteiger partial charge in [0.2, 0.25) is 5.91 Å². The van der Waals surface area contributed by atoms with E-state index in [0.29, 0.717) is 16.4 Å². The van der Waals surface area contributed by atoms with Crippen LogP contribution in [0.25, 0.3) is 17.0 Å². The first-order chi connectivity index (χ1) is 17.9. The van der Waals surface area contributed by atoms with E-state index in [1.54, 1.807) is 24.3 Å². The minimum absolute atomic E-state index is 0.0893. The molecule has 8 heteroatoms. The summed E-state index contributed by atoms with van der Waals surface area (Å²) in [4.78, 5) is 42.3. The summed E-state index contributed by atoms with van der Waals surface area (Å²) in [5, 5.41) is 0.507. The Labute approximate surface area is 220 Å². The largest absolute Gasteiger partial charge is 0.341 e. The molecule has 0 bridgehead atoms. The predicted molar refractivity (Wildman–Crippen MR) is 144 cm³/mol. The molecule has 0 aliphatic carbocycles. The van der Waals surface area contributed by atoms with Crippen molar-refractivity contribution in [3.8, 4) is 0 Å². The molecule has 2 aliphatic heterocycles. The first kappa shape index (κ1) is 25.3. The fourth-order valence-electron chi connectivity index (χ4n) is 5.07. The van der Waals surface area contributed by atoms with E-state index in [2.05, 4.69) is 19.9 Å². The van der Waals surface area contributed by atoms with Gasteiger partial charge in [-0.25, -0.2) is 4.39 Å². The van der Waals surface area contributed by atoms with Gasteiger partial charge in [0.25, 0.3) is 11.1 Å². The van der Waals surface area contributed by atoms with Crippen molar-refractivity contribution in [1.29, 1.82) is 0 Å². The van der Waals surface area contributed by atoms with E-state index in [9.17, 15) is 18.8 Å². The van der Waals surface area contributed by atoms with Crippen LogP contribution in [0.1, 0.15) is 43.4 Å². The van der Waals surface area contributed by atoms with Crippen LogP contribution in [0.3, 0.4) is 0 Å². The van der Waals surface area contributed by atoms with Gasteiger partial charge >= 0.3 is 0 Å². The van der Waals surface area contributed by atoms with E-state index >= 15 is 0 Å². The van der Waals surface area contributed by atoms with E-state index in [1.165, 1.54) is 6.07 Å². The summed E-state index contributed by atoms with van der Waals surface area (Å²) in [7, 11) is 0. The highest BCUT2D eigenvalue weighted by Crippen LogP contribution is 2.36. The SMILES string of the molecule is CCc1cccc2c(/C=C3\SC(=O)N(Cc4ccccc4F)C3=O)cn(CC(=O)N3CCC(C)CC3)c12. The second-order valence-corrected chi connectivity index (χ2v) is 10.8. The average Bonchev–Trinajstić information content (AvgIpc) is 3.37. The number of imide groups is 1. The van der Waals surface area contributed by atoms with E-state index in [-0.39, 0.29) is 19.0 Å². The van der Waals surface area contributed by atoms with E-state index < -0.39 is 17.0 Å². The second-order valence-electron chi connectivity index (χ2n) is 9.80. The molecule has 0 radical (unpaired) electrons. The number of aromatic nitrogens is 1. The number of amides is 3. The molecule has 2 fully saturated rings. The van der Waals surface area contributed by atoms with Gasteiger partial charge in [0, 0.05) is 35.8 Å². The minimum Gasteiger partial charge on any atom is -0.341 e. The number of thioether (sulfide) groups is 1. The van der Waals surface area contributed by atoms with Gasteiger partial charge in [-0.05, 0) is 54.6 Å². The number of hydrogen-bond acceptors (Lipinski definition) is 4. The Morgan fingerprint density at radius 2 is 1.81 bits per heavy atom. The van der Waals surface area contributed by atoms with Gasteiger partial charge in [-0.1, -0.05) is 50.2 Å². The third-order valence-electron chi connectivity index (χ3n) is 7.28. The van der Waals surface area contributed by atoms with Gasteiger partial charge in [-0.2, -0.15) is 0 Å². The molecule has 6 nitrogen and oxygen atoms in total. The van der Waals surface area contributed by atoms with Crippen LogP contribution in [-0.4, -0.2) is 44.5 Å². The Hall–Kier alpha value is -3.39. The number of carbonyl (C=O) groups is 3. The van der Waals surface area contributed by atoms with Crippen molar-refractivity contribution in [1.82, 2.24) is 14.4 Å². The van der Waals surface area contributed by atoms with Crippen molar-refractivity contribution in [2.24, 2.45) is 5.92 Å². The highest BCUT2D eigenvalue weighted by atomic mass is 32.2. The van der Waals surface area contributed by atoms with Crippen molar-refractivity contribution >= 4 is 45.8 Å². The Balaban J connectivity index is 1.45. The molecule has 0 saturated carbocycles. The fourth-order valence-corrected chi connectivity index (χ4v) is 5.90. The van der Waals surface area contributed by atoms with Crippen molar-refractivity contribution < 1.29 is 18.8 Å². The molecule has 1 aromatic heterocycles. The number of benzene rings is 2. The fraction of sp³-hybridized carbons (Fsp3) is 0.345. The Kier molecular flexibility index (Phi) is 7.20. The molecule has 37 heavy (non-hydrogen) atoms. The lowest BCUT2D eigenvalue weighted by molar-refractivity contribution is -0.133. The summed E-state index contributed by atoms with van der Waals surface area (Å²) < 4.78 is 16.1.